The number of hydrogen-bond donors (Lipinski definition) is 2. The van der Waals surface area contributed by atoms with Crippen LogP contribution in [0.1, 0.15) is 28.9 Å². The Morgan fingerprint density at radius 1 is 1.63 bits per heavy atom. The number of amides is 1. The van der Waals surface area contributed by atoms with Gasteiger partial charge in [-0.2, -0.15) is 0 Å². The van der Waals surface area contributed by atoms with E-state index in [1.54, 1.807) is 23.2 Å². The van der Waals surface area contributed by atoms with E-state index in [1.165, 1.54) is 0 Å². The summed E-state index contributed by atoms with van der Waals surface area (Å²) in [6.45, 7) is 3.84. The quantitative estimate of drug-likeness (QED) is 0.815. The molecular formula is C14H21N3O2. The standard InChI is InChI=1S/C14H21N3O2/c1-11-13(5-3-6-15-11)14(19)17(8-9-18)10-12-4-2-7-16-12/h3,5-6,12,16,18H,2,4,7-10H2,1H3. The van der Waals surface area contributed by atoms with Crippen LogP contribution in [0, 0.1) is 6.92 Å². The van der Waals surface area contributed by atoms with Crippen molar-refractivity contribution in [3.63, 3.8) is 0 Å². The maximum atomic E-state index is 12.5. The SMILES string of the molecule is Cc1ncccc1C(=O)N(CCO)CC1CCCN1. The van der Waals surface area contributed by atoms with Gasteiger partial charge in [0.2, 0.25) is 0 Å². The molecule has 1 fully saturated rings. The first-order valence-corrected chi connectivity index (χ1v) is 6.77. The fraction of sp³-hybridized carbons (Fsp3) is 0.571. The average molecular weight is 263 g/mol. The second-order valence-electron chi connectivity index (χ2n) is 4.90. The lowest BCUT2D eigenvalue weighted by Gasteiger charge is -2.25. The number of aromatic nitrogens is 1. The molecule has 5 nitrogen and oxygen atoms in total. The minimum Gasteiger partial charge on any atom is -0.395 e. The van der Waals surface area contributed by atoms with Gasteiger partial charge in [0.05, 0.1) is 12.2 Å². The van der Waals surface area contributed by atoms with Gasteiger partial charge in [-0.15, -0.1) is 0 Å². The summed E-state index contributed by atoms with van der Waals surface area (Å²) >= 11 is 0. The van der Waals surface area contributed by atoms with Gasteiger partial charge in [-0.1, -0.05) is 0 Å². The molecule has 0 bridgehead atoms. The maximum Gasteiger partial charge on any atom is 0.255 e. The van der Waals surface area contributed by atoms with Gasteiger partial charge in [-0.05, 0) is 38.4 Å². The zero-order valence-corrected chi connectivity index (χ0v) is 11.3. The van der Waals surface area contributed by atoms with E-state index in [4.69, 9.17) is 5.11 Å². The molecule has 1 atom stereocenters. The third kappa shape index (κ3) is 3.52. The molecule has 1 amide bonds. The third-order valence-electron chi connectivity index (χ3n) is 3.50. The zero-order chi connectivity index (χ0) is 13.7. The molecule has 0 aliphatic carbocycles. The monoisotopic (exact) mass is 263 g/mol. The van der Waals surface area contributed by atoms with Gasteiger partial charge in [0.15, 0.2) is 0 Å². The Hall–Kier alpha value is -1.46. The molecule has 5 heteroatoms. The minimum absolute atomic E-state index is 0.0161. The highest BCUT2D eigenvalue weighted by Crippen LogP contribution is 2.12. The normalized spacial score (nSPS) is 18.5. The molecule has 2 rings (SSSR count). The van der Waals surface area contributed by atoms with Crippen molar-refractivity contribution >= 4 is 5.91 Å². The smallest absolute Gasteiger partial charge is 0.255 e. The van der Waals surface area contributed by atoms with E-state index in [0.717, 1.165) is 25.1 Å². The molecule has 1 unspecified atom stereocenters. The van der Waals surface area contributed by atoms with Gasteiger partial charge in [0.1, 0.15) is 0 Å². The van der Waals surface area contributed by atoms with Crippen LogP contribution in [0.4, 0.5) is 0 Å². The Morgan fingerprint density at radius 2 is 2.47 bits per heavy atom. The predicted molar refractivity (Wildman–Crippen MR) is 73.0 cm³/mol. The molecule has 1 aromatic heterocycles. The Balaban J connectivity index is 2.09. The molecule has 104 valence electrons. The van der Waals surface area contributed by atoms with Crippen molar-refractivity contribution in [1.29, 1.82) is 0 Å². The minimum atomic E-state index is -0.0478. The highest BCUT2D eigenvalue weighted by Gasteiger charge is 2.23. The van der Waals surface area contributed by atoms with Gasteiger partial charge in [-0.25, -0.2) is 0 Å². The molecule has 2 N–H and O–H groups in total. The molecule has 0 spiro atoms. The highest BCUT2D eigenvalue weighted by atomic mass is 16.3. The van der Waals surface area contributed by atoms with Gasteiger partial charge in [0, 0.05) is 31.0 Å². The van der Waals surface area contributed by atoms with E-state index in [1.807, 2.05) is 6.92 Å². The van der Waals surface area contributed by atoms with Crippen molar-refractivity contribution in [2.24, 2.45) is 0 Å². The number of aliphatic hydroxyl groups excluding tert-OH is 1. The van der Waals surface area contributed by atoms with E-state index in [2.05, 4.69) is 10.3 Å². The van der Waals surface area contributed by atoms with Crippen LogP contribution in [0.15, 0.2) is 18.3 Å². The van der Waals surface area contributed by atoms with E-state index in [9.17, 15) is 4.79 Å². The Labute approximate surface area is 113 Å². The summed E-state index contributed by atoms with van der Waals surface area (Å²) < 4.78 is 0. The number of carbonyl (C=O) groups excluding carboxylic acids is 1. The first-order valence-electron chi connectivity index (χ1n) is 6.77. The van der Waals surface area contributed by atoms with Crippen LogP contribution in [0.2, 0.25) is 0 Å². The molecule has 1 aliphatic rings. The molecular weight excluding hydrogens is 242 g/mol. The largest absolute Gasteiger partial charge is 0.395 e. The number of nitrogens with one attached hydrogen (secondary N) is 1. The summed E-state index contributed by atoms with van der Waals surface area (Å²) in [5, 5.41) is 12.5. The van der Waals surface area contributed by atoms with E-state index in [0.29, 0.717) is 24.7 Å². The number of aryl methyl sites for hydroxylation is 1. The van der Waals surface area contributed by atoms with Crippen molar-refractivity contribution in [3.05, 3.63) is 29.6 Å². The lowest BCUT2D eigenvalue weighted by atomic mass is 10.1. The number of nitrogens with zero attached hydrogens (tertiary/aromatic N) is 2. The van der Waals surface area contributed by atoms with Gasteiger partial charge < -0.3 is 15.3 Å². The van der Waals surface area contributed by atoms with Crippen molar-refractivity contribution in [1.82, 2.24) is 15.2 Å². The number of hydrogen-bond acceptors (Lipinski definition) is 4. The van der Waals surface area contributed by atoms with Crippen LogP contribution >= 0.6 is 0 Å². The molecule has 0 radical (unpaired) electrons. The lowest BCUT2D eigenvalue weighted by molar-refractivity contribution is 0.0705. The summed E-state index contributed by atoms with van der Waals surface area (Å²) in [6, 6.07) is 3.90. The predicted octanol–water partition coefficient (Wildman–Crippen LogP) is 0.577. The Morgan fingerprint density at radius 3 is 3.11 bits per heavy atom. The van der Waals surface area contributed by atoms with E-state index in [-0.39, 0.29) is 12.5 Å². The van der Waals surface area contributed by atoms with Crippen LogP contribution < -0.4 is 5.32 Å². The Kier molecular flexibility index (Phi) is 4.87. The first-order chi connectivity index (χ1) is 9.22. The van der Waals surface area contributed by atoms with Crippen LogP contribution in [0.5, 0.6) is 0 Å². The molecule has 2 heterocycles. The van der Waals surface area contributed by atoms with Crippen LogP contribution in [-0.4, -0.2) is 53.2 Å². The van der Waals surface area contributed by atoms with Gasteiger partial charge in [0.25, 0.3) is 5.91 Å². The molecule has 0 saturated carbocycles. The summed E-state index contributed by atoms with van der Waals surface area (Å²) in [6.07, 6.45) is 3.92. The van der Waals surface area contributed by atoms with Crippen molar-refractivity contribution in [2.45, 2.75) is 25.8 Å². The molecule has 1 saturated heterocycles. The zero-order valence-electron chi connectivity index (χ0n) is 11.3. The van der Waals surface area contributed by atoms with Crippen LogP contribution in [-0.2, 0) is 0 Å². The van der Waals surface area contributed by atoms with Gasteiger partial charge >= 0.3 is 0 Å². The van der Waals surface area contributed by atoms with Crippen molar-refractivity contribution in [3.8, 4) is 0 Å². The van der Waals surface area contributed by atoms with Crippen molar-refractivity contribution < 1.29 is 9.90 Å². The molecule has 1 aromatic rings. The Bertz CT molecular complexity index is 430. The van der Waals surface area contributed by atoms with Crippen LogP contribution in [0.3, 0.4) is 0 Å². The summed E-state index contributed by atoms with van der Waals surface area (Å²) in [7, 11) is 0. The molecule has 19 heavy (non-hydrogen) atoms. The second-order valence-corrected chi connectivity index (χ2v) is 4.90. The van der Waals surface area contributed by atoms with Gasteiger partial charge in [-0.3, -0.25) is 9.78 Å². The molecule has 0 aromatic carbocycles. The van der Waals surface area contributed by atoms with Crippen LogP contribution in [0.25, 0.3) is 0 Å². The second kappa shape index (κ2) is 6.63. The lowest BCUT2D eigenvalue weighted by Crippen LogP contribution is -2.42. The maximum absolute atomic E-state index is 12.5. The number of rotatable bonds is 5. The number of carbonyl (C=O) groups is 1. The highest BCUT2D eigenvalue weighted by molar-refractivity contribution is 5.95. The average Bonchev–Trinajstić information content (AvgIpc) is 2.91. The topological polar surface area (TPSA) is 65.5 Å². The fourth-order valence-corrected chi connectivity index (χ4v) is 2.46. The van der Waals surface area contributed by atoms with Crippen molar-refractivity contribution in [2.75, 3.05) is 26.2 Å². The van der Waals surface area contributed by atoms with E-state index < -0.39 is 0 Å². The summed E-state index contributed by atoms with van der Waals surface area (Å²) in [5.74, 6) is -0.0478. The number of pyridine rings is 1. The third-order valence-corrected chi connectivity index (χ3v) is 3.50. The molecule has 1 aliphatic heterocycles. The summed E-state index contributed by atoms with van der Waals surface area (Å²) in [5.41, 5.74) is 1.35. The summed E-state index contributed by atoms with van der Waals surface area (Å²) in [4.78, 5) is 18.4. The van der Waals surface area contributed by atoms with E-state index >= 15 is 0 Å². The first kappa shape index (κ1) is 14.0. The number of aliphatic hydroxyl groups is 1. The fourth-order valence-electron chi connectivity index (χ4n) is 2.46.